The minimum absolute atomic E-state index is 0.0864. The third kappa shape index (κ3) is 5.63. The van der Waals surface area contributed by atoms with Crippen LogP contribution < -0.4 is 0 Å². The quantitative estimate of drug-likeness (QED) is 0.415. The van der Waals surface area contributed by atoms with Crippen molar-refractivity contribution in [3.05, 3.63) is 12.7 Å². The number of rotatable bonds is 6. The van der Waals surface area contributed by atoms with Crippen LogP contribution in [0.4, 0.5) is 0 Å². The molecule has 0 aromatic rings. The number of hydrogen-bond donors (Lipinski definition) is 0. The van der Waals surface area contributed by atoms with Gasteiger partial charge in [0.2, 0.25) is 5.12 Å². The minimum atomic E-state index is 0.0864. The Hall–Kier alpha value is 0.810. The predicted octanol–water partition coefficient (Wildman–Crippen LogP) is 3.32. The van der Waals surface area contributed by atoms with Gasteiger partial charge in [-0.3, -0.25) is 4.79 Å². The van der Waals surface area contributed by atoms with E-state index in [1.54, 1.807) is 0 Å². The molecule has 14 heavy (non-hydrogen) atoms. The van der Waals surface area contributed by atoms with Crippen molar-refractivity contribution in [3.8, 4) is 0 Å². The van der Waals surface area contributed by atoms with E-state index < -0.39 is 0 Å². The van der Waals surface area contributed by atoms with Crippen molar-refractivity contribution in [2.75, 3.05) is 21.7 Å². The van der Waals surface area contributed by atoms with Gasteiger partial charge in [0, 0.05) is 21.2 Å². The highest BCUT2D eigenvalue weighted by molar-refractivity contribution is 8.24. The summed E-state index contributed by atoms with van der Waals surface area (Å²) in [4.78, 5) is 10.9. The first kappa shape index (κ1) is 12.9. The van der Waals surface area contributed by atoms with Crippen LogP contribution in [0.3, 0.4) is 0 Å². The van der Waals surface area contributed by atoms with Crippen LogP contribution in [0.2, 0.25) is 0 Å². The standard InChI is InChI=1S/C9H14OS4/c1-2-9(10)14-6-11-4-3-8-5-12-7-13-8/h2,8H,1,3-7H2. The van der Waals surface area contributed by atoms with Crippen LogP contribution in [0.25, 0.3) is 0 Å². The van der Waals surface area contributed by atoms with Gasteiger partial charge in [-0.15, -0.1) is 23.5 Å². The van der Waals surface area contributed by atoms with Crippen LogP contribution in [0, 0.1) is 0 Å². The first-order valence-corrected chi connectivity index (χ1v) is 8.73. The molecule has 0 spiro atoms. The number of thioether (sulfide) groups is 4. The summed E-state index contributed by atoms with van der Waals surface area (Å²) in [5.41, 5.74) is 0. The summed E-state index contributed by atoms with van der Waals surface area (Å²) in [7, 11) is 0. The van der Waals surface area contributed by atoms with E-state index in [9.17, 15) is 4.79 Å². The summed E-state index contributed by atoms with van der Waals surface area (Å²) in [6.45, 7) is 3.44. The lowest BCUT2D eigenvalue weighted by Gasteiger charge is -2.05. The Morgan fingerprint density at radius 1 is 1.64 bits per heavy atom. The zero-order valence-electron chi connectivity index (χ0n) is 7.94. The SMILES string of the molecule is C=CC(=O)SCSCCC1CSCS1. The van der Waals surface area contributed by atoms with Crippen LogP contribution in [0.1, 0.15) is 6.42 Å². The summed E-state index contributed by atoms with van der Waals surface area (Å²) in [5.74, 6) is 2.49. The van der Waals surface area contributed by atoms with Crippen molar-refractivity contribution < 1.29 is 4.79 Å². The Morgan fingerprint density at radius 2 is 2.50 bits per heavy atom. The summed E-state index contributed by atoms with van der Waals surface area (Å²) >= 11 is 7.31. The summed E-state index contributed by atoms with van der Waals surface area (Å²) in [5, 5.41) is 3.07. The van der Waals surface area contributed by atoms with Gasteiger partial charge in [-0.05, 0) is 18.2 Å². The molecule has 80 valence electrons. The molecule has 1 heterocycles. The monoisotopic (exact) mass is 266 g/mol. The van der Waals surface area contributed by atoms with E-state index in [4.69, 9.17) is 0 Å². The highest BCUT2D eigenvalue weighted by Gasteiger charge is 2.15. The van der Waals surface area contributed by atoms with Crippen molar-refractivity contribution >= 4 is 52.2 Å². The van der Waals surface area contributed by atoms with Gasteiger partial charge in [0.15, 0.2) is 0 Å². The Labute approximate surface area is 103 Å². The normalized spacial score (nSPS) is 21.0. The maximum absolute atomic E-state index is 10.9. The van der Waals surface area contributed by atoms with E-state index in [-0.39, 0.29) is 5.12 Å². The smallest absolute Gasteiger partial charge is 0.212 e. The molecule has 1 aliphatic rings. The van der Waals surface area contributed by atoms with Crippen molar-refractivity contribution in [2.45, 2.75) is 11.7 Å². The molecule has 1 nitrogen and oxygen atoms in total. The summed E-state index contributed by atoms with van der Waals surface area (Å²) in [6, 6.07) is 0. The van der Waals surface area contributed by atoms with Crippen LogP contribution in [0.15, 0.2) is 12.7 Å². The van der Waals surface area contributed by atoms with Crippen molar-refractivity contribution in [2.24, 2.45) is 0 Å². The van der Waals surface area contributed by atoms with Gasteiger partial charge in [-0.25, -0.2) is 0 Å². The third-order valence-electron chi connectivity index (χ3n) is 1.73. The van der Waals surface area contributed by atoms with E-state index in [0.717, 1.165) is 10.3 Å². The average Bonchev–Trinajstić information content (AvgIpc) is 2.69. The largest absolute Gasteiger partial charge is 0.282 e. The van der Waals surface area contributed by atoms with E-state index in [1.165, 1.54) is 40.8 Å². The third-order valence-corrected chi connectivity index (χ3v) is 6.77. The van der Waals surface area contributed by atoms with Crippen molar-refractivity contribution in [1.82, 2.24) is 0 Å². The van der Waals surface area contributed by atoms with Crippen LogP contribution in [-0.2, 0) is 4.79 Å². The minimum Gasteiger partial charge on any atom is -0.282 e. The topological polar surface area (TPSA) is 17.1 Å². The maximum Gasteiger partial charge on any atom is 0.212 e. The predicted molar refractivity (Wildman–Crippen MR) is 73.4 cm³/mol. The highest BCUT2D eigenvalue weighted by atomic mass is 32.2. The van der Waals surface area contributed by atoms with Crippen LogP contribution in [-0.4, -0.2) is 32.0 Å². The molecule has 1 saturated heterocycles. The fraction of sp³-hybridized carbons (Fsp3) is 0.667. The van der Waals surface area contributed by atoms with E-state index >= 15 is 0 Å². The second-order valence-electron chi connectivity index (χ2n) is 2.76. The summed E-state index contributed by atoms with van der Waals surface area (Å²) in [6.07, 6.45) is 2.67. The highest BCUT2D eigenvalue weighted by Crippen LogP contribution is 2.32. The lowest BCUT2D eigenvalue weighted by Crippen LogP contribution is -2.02. The molecule has 1 atom stereocenters. The van der Waals surface area contributed by atoms with Gasteiger partial charge >= 0.3 is 0 Å². The van der Waals surface area contributed by atoms with E-state index in [0.29, 0.717) is 0 Å². The first-order chi connectivity index (χ1) is 6.83. The molecular weight excluding hydrogens is 252 g/mol. The molecule has 0 N–H and O–H groups in total. The zero-order valence-corrected chi connectivity index (χ0v) is 11.2. The maximum atomic E-state index is 10.9. The Kier molecular flexibility index (Phi) is 7.38. The lowest BCUT2D eigenvalue weighted by molar-refractivity contribution is -0.107. The Bertz CT molecular complexity index is 189. The van der Waals surface area contributed by atoms with Gasteiger partial charge < -0.3 is 0 Å². The molecule has 0 bridgehead atoms. The fourth-order valence-electron chi connectivity index (χ4n) is 0.971. The summed E-state index contributed by atoms with van der Waals surface area (Å²) < 4.78 is 0. The van der Waals surface area contributed by atoms with Crippen molar-refractivity contribution in [3.63, 3.8) is 0 Å². The molecule has 1 rings (SSSR count). The molecule has 0 aromatic carbocycles. The fourth-order valence-corrected chi connectivity index (χ4v) is 5.89. The molecule has 0 aromatic heterocycles. The van der Waals surface area contributed by atoms with Crippen LogP contribution in [0.5, 0.6) is 0 Å². The average molecular weight is 266 g/mol. The molecule has 0 saturated carbocycles. The first-order valence-electron chi connectivity index (χ1n) is 4.39. The Balaban J connectivity index is 1.88. The molecule has 1 unspecified atom stereocenters. The van der Waals surface area contributed by atoms with Gasteiger partial charge in [0.25, 0.3) is 0 Å². The van der Waals surface area contributed by atoms with Crippen LogP contribution >= 0.6 is 47.0 Å². The second-order valence-corrected chi connectivity index (χ2v) is 7.89. The lowest BCUT2D eigenvalue weighted by atomic mass is 10.4. The second kappa shape index (κ2) is 8.02. The molecule has 0 amide bonds. The molecule has 5 heteroatoms. The molecule has 0 radical (unpaired) electrons. The number of carbonyl (C=O) groups excluding carboxylic acids is 1. The molecule has 1 fully saturated rings. The zero-order chi connectivity index (χ0) is 10.2. The number of carbonyl (C=O) groups is 1. The molecular formula is C9H14OS4. The van der Waals surface area contributed by atoms with Gasteiger partial charge in [0.05, 0.1) is 0 Å². The van der Waals surface area contributed by atoms with E-state index in [1.807, 2.05) is 23.5 Å². The molecule has 1 aliphatic heterocycles. The van der Waals surface area contributed by atoms with Crippen molar-refractivity contribution in [1.29, 1.82) is 0 Å². The van der Waals surface area contributed by atoms with E-state index in [2.05, 4.69) is 18.3 Å². The molecule has 0 aliphatic carbocycles. The number of hydrogen-bond acceptors (Lipinski definition) is 5. The van der Waals surface area contributed by atoms with Gasteiger partial charge in [-0.2, -0.15) is 11.8 Å². The van der Waals surface area contributed by atoms with Gasteiger partial charge in [0.1, 0.15) is 0 Å². The van der Waals surface area contributed by atoms with Gasteiger partial charge in [-0.1, -0.05) is 18.3 Å². The Morgan fingerprint density at radius 3 is 3.14 bits per heavy atom.